The molecular weight excluding hydrogens is 516 g/mol. The average Bonchev–Trinajstić information content (AvgIpc) is 3.43. The molecule has 4 heterocycles. The number of ether oxygens (including phenoxy) is 1. The Kier molecular flexibility index (Phi) is 6.51. The molecule has 2 bridgehead atoms. The van der Waals surface area contributed by atoms with E-state index in [4.69, 9.17) is 16.3 Å². The lowest BCUT2D eigenvalue weighted by Crippen LogP contribution is -2.36. The van der Waals surface area contributed by atoms with Crippen LogP contribution in [0.25, 0.3) is 10.9 Å². The van der Waals surface area contributed by atoms with Crippen LogP contribution in [0.3, 0.4) is 0 Å². The minimum atomic E-state index is -0.404. The summed E-state index contributed by atoms with van der Waals surface area (Å²) in [6.07, 6.45) is 7.35. The summed E-state index contributed by atoms with van der Waals surface area (Å²) in [5.41, 5.74) is 2.08. The van der Waals surface area contributed by atoms with Crippen molar-refractivity contribution in [1.82, 2.24) is 19.9 Å². The maximum absolute atomic E-state index is 12.0. The zero-order valence-corrected chi connectivity index (χ0v) is 22.0. The van der Waals surface area contributed by atoms with Crippen molar-refractivity contribution in [1.29, 1.82) is 0 Å². The Morgan fingerprint density at radius 3 is 2.72 bits per heavy atom. The number of aromatic nitrogens is 3. The van der Waals surface area contributed by atoms with E-state index in [1.807, 2.05) is 18.2 Å². The van der Waals surface area contributed by atoms with E-state index in [1.54, 1.807) is 30.5 Å². The Morgan fingerprint density at radius 2 is 2.03 bits per heavy atom. The third-order valence-corrected chi connectivity index (χ3v) is 7.98. The van der Waals surface area contributed by atoms with Crippen LogP contribution in [0, 0.1) is 22.0 Å². The van der Waals surface area contributed by atoms with Crippen LogP contribution >= 0.6 is 11.6 Å². The van der Waals surface area contributed by atoms with Crippen LogP contribution in [0.15, 0.2) is 61.1 Å². The van der Waals surface area contributed by atoms with Gasteiger partial charge >= 0.3 is 0 Å². The van der Waals surface area contributed by atoms with Gasteiger partial charge in [-0.05, 0) is 69.1 Å². The van der Waals surface area contributed by atoms with Gasteiger partial charge in [-0.3, -0.25) is 20.0 Å². The Morgan fingerprint density at radius 1 is 1.18 bits per heavy atom. The highest BCUT2D eigenvalue weighted by atomic mass is 35.5. The maximum atomic E-state index is 12.0. The molecular formula is C29H25ClN6O3. The number of halogens is 1. The van der Waals surface area contributed by atoms with E-state index < -0.39 is 4.92 Å². The average molecular weight is 541 g/mol. The van der Waals surface area contributed by atoms with Crippen LogP contribution in [0.5, 0.6) is 5.75 Å². The van der Waals surface area contributed by atoms with Crippen LogP contribution in [-0.2, 0) is 6.61 Å². The van der Waals surface area contributed by atoms with E-state index >= 15 is 0 Å². The molecule has 0 saturated carbocycles. The molecule has 2 aliphatic rings. The van der Waals surface area contributed by atoms with Crippen LogP contribution in [0.2, 0.25) is 5.02 Å². The van der Waals surface area contributed by atoms with Gasteiger partial charge in [0.25, 0.3) is 5.69 Å². The second-order valence-electron chi connectivity index (χ2n) is 9.87. The first kappa shape index (κ1) is 25.0. The Bertz CT molecular complexity index is 1630. The summed E-state index contributed by atoms with van der Waals surface area (Å²) in [6.45, 7) is 0.288. The fraction of sp³-hybridized carbons (Fsp3) is 0.276. The summed E-state index contributed by atoms with van der Waals surface area (Å²) >= 11 is 6.47. The van der Waals surface area contributed by atoms with Crippen LogP contribution < -0.4 is 10.1 Å². The van der Waals surface area contributed by atoms with Gasteiger partial charge in [-0.15, -0.1) is 0 Å². The van der Waals surface area contributed by atoms with Crippen molar-refractivity contribution in [3.05, 3.63) is 87.4 Å². The second kappa shape index (κ2) is 10.1. The lowest BCUT2D eigenvalue weighted by Gasteiger charge is -2.25. The summed E-state index contributed by atoms with van der Waals surface area (Å²) < 4.78 is 5.80. The molecule has 0 radical (unpaired) electrons. The number of fused-ring (bicyclic) bond motifs is 3. The molecule has 2 fully saturated rings. The minimum absolute atomic E-state index is 0.0734. The second-order valence-corrected chi connectivity index (χ2v) is 10.3. The third-order valence-electron chi connectivity index (χ3n) is 7.68. The lowest BCUT2D eigenvalue weighted by molar-refractivity contribution is -0.385. The highest BCUT2D eigenvalue weighted by Crippen LogP contribution is 2.45. The zero-order chi connectivity index (χ0) is 27.0. The van der Waals surface area contributed by atoms with Gasteiger partial charge in [-0.2, -0.15) is 0 Å². The van der Waals surface area contributed by atoms with Gasteiger partial charge in [0.1, 0.15) is 30.1 Å². The third kappa shape index (κ3) is 4.85. The summed E-state index contributed by atoms with van der Waals surface area (Å²) in [5.74, 6) is 7.45. The highest BCUT2D eigenvalue weighted by molar-refractivity contribution is 6.32. The number of nitro groups is 1. The van der Waals surface area contributed by atoms with E-state index in [9.17, 15) is 10.1 Å². The van der Waals surface area contributed by atoms with Crippen molar-refractivity contribution in [2.24, 2.45) is 0 Å². The smallest absolute Gasteiger partial charge is 0.285 e. The highest BCUT2D eigenvalue weighted by Gasteiger charge is 2.48. The molecule has 0 unspecified atom stereocenters. The maximum Gasteiger partial charge on any atom is 0.285 e. The fourth-order valence-electron chi connectivity index (χ4n) is 5.48. The topological polar surface area (TPSA) is 106 Å². The normalized spacial score (nSPS) is 20.0. The van der Waals surface area contributed by atoms with Crippen molar-refractivity contribution in [3.63, 3.8) is 0 Å². The van der Waals surface area contributed by atoms with Crippen molar-refractivity contribution >= 4 is 39.7 Å². The van der Waals surface area contributed by atoms with Crippen LogP contribution in [0.1, 0.15) is 36.9 Å². The standard InChI is InChI=1S/C29H25ClN6O3/c1-35-22-8-11-29(35,12-9-22)10-7-19-14-25-23(16-26(19)36(37)38)28(33-18-32-25)34-20-5-6-27(24(30)15-20)39-17-21-4-2-3-13-31-21/h2-6,13-16,18,22H,8-9,11-12,17H2,1H3,(H,32,33,34). The molecule has 2 aromatic carbocycles. The number of nitrogens with one attached hydrogen (secondary N) is 1. The molecule has 2 saturated heterocycles. The lowest BCUT2D eigenvalue weighted by atomic mass is 9.88. The van der Waals surface area contributed by atoms with E-state index in [1.165, 1.54) is 12.4 Å². The molecule has 196 valence electrons. The number of benzene rings is 2. The van der Waals surface area contributed by atoms with Crippen LogP contribution in [0.4, 0.5) is 17.2 Å². The molecule has 1 N–H and O–H groups in total. The number of hydrogen-bond acceptors (Lipinski definition) is 8. The minimum Gasteiger partial charge on any atom is -0.486 e. The SMILES string of the molecule is CN1C2CCC1(C#Cc1cc3ncnc(Nc4ccc(OCc5ccccn5)c(Cl)c4)c3cc1[N+](=O)[O-])CC2. The first-order chi connectivity index (χ1) is 18.9. The van der Waals surface area contributed by atoms with E-state index in [-0.39, 0.29) is 17.8 Å². The molecule has 0 atom stereocenters. The molecule has 39 heavy (non-hydrogen) atoms. The molecule has 4 aromatic rings. The van der Waals surface area contributed by atoms with E-state index in [0.29, 0.717) is 44.8 Å². The first-order valence-corrected chi connectivity index (χ1v) is 13.1. The van der Waals surface area contributed by atoms with Gasteiger partial charge in [0.2, 0.25) is 0 Å². The molecule has 10 heteroatoms. The monoisotopic (exact) mass is 540 g/mol. The Labute approximate surface area is 230 Å². The van der Waals surface area contributed by atoms with Crippen molar-refractivity contribution in [3.8, 4) is 17.6 Å². The van der Waals surface area contributed by atoms with Gasteiger partial charge in [-0.1, -0.05) is 29.5 Å². The number of nitro benzene ring substituents is 1. The summed E-state index contributed by atoms with van der Waals surface area (Å²) in [7, 11) is 2.10. The predicted octanol–water partition coefficient (Wildman–Crippen LogP) is 5.89. The number of hydrogen-bond donors (Lipinski definition) is 1. The number of rotatable bonds is 6. The van der Waals surface area contributed by atoms with Crippen molar-refractivity contribution in [2.75, 3.05) is 12.4 Å². The van der Waals surface area contributed by atoms with Gasteiger partial charge < -0.3 is 10.1 Å². The largest absolute Gasteiger partial charge is 0.486 e. The van der Waals surface area contributed by atoms with Gasteiger partial charge in [-0.25, -0.2) is 9.97 Å². The summed E-state index contributed by atoms with van der Waals surface area (Å²) in [4.78, 5) is 26.9. The zero-order valence-electron chi connectivity index (χ0n) is 21.2. The summed E-state index contributed by atoms with van der Waals surface area (Å²) in [6, 6.07) is 14.6. The van der Waals surface area contributed by atoms with Gasteiger partial charge in [0.15, 0.2) is 0 Å². The molecule has 2 aromatic heterocycles. The van der Waals surface area contributed by atoms with E-state index in [2.05, 4.69) is 44.1 Å². The molecule has 0 amide bonds. The van der Waals surface area contributed by atoms with E-state index in [0.717, 1.165) is 31.4 Å². The molecule has 2 aliphatic heterocycles. The van der Waals surface area contributed by atoms with Crippen LogP contribution in [-0.4, -0.2) is 43.4 Å². The molecule has 9 nitrogen and oxygen atoms in total. The quantitative estimate of drug-likeness (QED) is 0.183. The number of nitrogens with zero attached hydrogens (tertiary/aromatic N) is 5. The van der Waals surface area contributed by atoms with Crippen molar-refractivity contribution in [2.45, 2.75) is 43.9 Å². The molecule has 0 aliphatic carbocycles. The molecule has 6 rings (SSSR count). The molecule has 0 spiro atoms. The van der Waals surface area contributed by atoms with Gasteiger partial charge in [0.05, 0.1) is 26.7 Å². The summed E-state index contributed by atoms with van der Waals surface area (Å²) in [5, 5.41) is 16.2. The number of anilines is 2. The number of pyridine rings is 1. The fourth-order valence-corrected chi connectivity index (χ4v) is 5.71. The van der Waals surface area contributed by atoms with Gasteiger partial charge in [0, 0.05) is 29.4 Å². The Balaban J connectivity index is 1.27. The van der Waals surface area contributed by atoms with Crippen molar-refractivity contribution < 1.29 is 9.66 Å². The first-order valence-electron chi connectivity index (χ1n) is 12.7. The Hall–Kier alpha value is -4.26. The predicted molar refractivity (Wildman–Crippen MR) is 149 cm³/mol.